The molecule has 5 nitrogen and oxygen atoms in total. The minimum Gasteiger partial charge on any atom is -0.506 e. The third-order valence-electron chi connectivity index (χ3n) is 3.88. The summed E-state index contributed by atoms with van der Waals surface area (Å²) in [6, 6.07) is 1.54. The SMILES string of the molecule is O=C(O)C1(c2cc3c(c(Cl)c2O)OCCO3)CCC1. The van der Waals surface area contributed by atoms with E-state index in [1.165, 1.54) is 0 Å². The van der Waals surface area contributed by atoms with Crippen molar-refractivity contribution >= 4 is 17.6 Å². The highest BCUT2D eigenvalue weighted by Gasteiger charge is 2.48. The monoisotopic (exact) mass is 284 g/mol. The first kappa shape index (κ1) is 12.4. The van der Waals surface area contributed by atoms with E-state index in [0.717, 1.165) is 6.42 Å². The number of carbonyl (C=O) groups is 1. The number of rotatable bonds is 2. The third-order valence-corrected chi connectivity index (χ3v) is 4.23. The molecule has 1 aliphatic carbocycles. The van der Waals surface area contributed by atoms with Crippen molar-refractivity contribution in [1.29, 1.82) is 0 Å². The number of aliphatic carboxylic acids is 1. The Morgan fingerprint density at radius 2 is 2.00 bits per heavy atom. The molecule has 1 saturated carbocycles. The Kier molecular flexibility index (Phi) is 2.74. The van der Waals surface area contributed by atoms with Crippen LogP contribution in [0.5, 0.6) is 17.2 Å². The van der Waals surface area contributed by atoms with Gasteiger partial charge in [-0.1, -0.05) is 18.0 Å². The number of aromatic hydroxyl groups is 1. The Morgan fingerprint density at radius 1 is 1.32 bits per heavy atom. The van der Waals surface area contributed by atoms with Crippen LogP contribution in [0.1, 0.15) is 24.8 Å². The van der Waals surface area contributed by atoms with Crippen molar-refractivity contribution in [3.8, 4) is 17.2 Å². The number of hydrogen-bond donors (Lipinski definition) is 2. The van der Waals surface area contributed by atoms with E-state index in [9.17, 15) is 15.0 Å². The van der Waals surface area contributed by atoms with Crippen LogP contribution in [0.25, 0.3) is 0 Å². The lowest BCUT2D eigenvalue weighted by Crippen LogP contribution is -2.42. The molecule has 0 saturated heterocycles. The Morgan fingerprint density at radius 3 is 2.58 bits per heavy atom. The molecule has 1 fully saturated rings. The average Bonchev–Trinajstić information content (AvgIpc) is 2.33. The molecule has 102 valence electrons. The van der Waals surface area contributed by atoms with Crippen molar-refractivity contribution in [1.82, 2.24) is 0 Å². The van der Waals surface area contributed by atoms with E-state index in [2.05, 4.69) is 0 Å². The molecule has 1 aromatic rings. The third kappa shape index (κ3) is 1.64. The van der Waals surface area contributed by atoms with Gasteiger partial charge in [0.05, 0.1) is 5.41 Å². The first-order valence-corrected chi connectivity index (χ1v) is 6.49. The Bertz CT molecular complexity index is 550. The van der Waals surface area contributed by atoms with E-state index >= 15 is 0 Å². The van der Waals surface area contributed by atoms with Gasteiger partial charge < -0.3 is 19.7 Å². The van der Waals surface area contributed by atoms with E-state index in [4.69, 9.17) is 21.1 Å². The van der Waals surface area contributed by atoms with Gasteiger partial charge in [0.25, 0.3) is 0 Å². The normalized spacial score (nSPS) is 19.6. The number of ether oxygens (including phenoxy) is 2. The second kappa shape index (κ2) is 4.20. The minimum atomic E-state index is -1.05. The molecule has 0 radical (unpaired) electrons. The standard InChI is InChI=1S/C13H13ClO5/c14-9-10(15)7(13(12(16)17)2-1-3-13)6-8-11(9)19-5-4-18-8/h6,15H,1-5H2,(H,16,17). The first-order chi connectivity index (χ1) is 9.06. The molecule has 0 amide bonds. The summed E-state index contributed by atoms with van der Waals surface area (Å²) < 4.78 is 10.8. The number of carboxylic acids is 1. The van der Waals surface area contributed by atoms with E-state index in [1.54, 1.807) is 6.07 Å². The van der Waals surface area contributed by atoms with E-state index in [1.807, 2.05) is 0 Å². The number of halogens is 1. The molecule has 3 rings (SSSR count). The molecule has 0 bridgehead atoms. The highest BCUT2D eigenvalue weighted by molar-refractivity contribution is 6.34. The van der Waals surface area contributed by atoms with Crippen molar-refractivity contribution in [2.75, 3.05) is 13.2 Å². The molecule has 6 heteroatoms. The van der Waals surface area contributed by atoms with Crippen LogP contribution in [0.3, 0.4) is 0 Å². The summed E-state index contributed by atoms with van der Waals surface area (Å²) in [6.07, 6.45) is 1.80. The van der Waals surface area contributed by atoms with Crippen LogP contribution in [0.15, 0.2) is 6.07 Å². The van der Waals surface area contributed by atoms with Gasteiger partial charge in [-0.25, -0.2) is 0 Å². The number of fused-ring (bicyclic) bond motifs is 1. The topological polar surface area (TPSA) is 76.0 Å². The van der Waals surface area contributed by atoms with Gasteiger partial charge in [-0.2, -0.15) is 0 Å². The number of benzene rings is 1. The van der Waals surface area contributed by atoms with Crippen LogP contribution in [-0.4, -0.2) is 29.4 Å². The smallest absolute Gasteiger partial charge is 0.314 e. The molecule has 2 aliphatic rings. The lowest BCUT2D eigenvalue weighted by molar-refractivity contribution is -0.147. The molecule has 0 atom stereocenters. The lowest BCUT2D eigenvalue weighted by Gasteiger charge is -2.39. The first-order valence-electron chi connectivity index (χ1n) is 6.11. The van der Waals surface area contributed by atoms with Crippen LogP contribution in [-0.2, 0) is 10.2 Å². The maximum atomic E-state index is 11.5. The maximum Gasteiger partial charge on any atom is 0.314 e. The highest BCUT2D eigenvalue weighted by Crippen LogP contribution is 2.53. The Hall–Kier alpha value is -1.62. The van der Waals surface area contributed by atoms with Crippen LogP contribution >= 0.6 is 11.6 Å². The number of phenolic OH excluding ortho intramolecular Hbond substituents is 1. The molecule has 0 unspecified atom stereocenters. The molecule has 2 N–H and O–H groups in total. The van der Waals surface area contributed by atoms with Crippen LogP contribution in [0.2, 0.25) is 5.02 Å². The number of phenols is 1. The maximum absolute atomic E-state index is 11.5. The molecule has 1 aliphatic heterocycles. The fraction of sp³-hybridized carbons (Fsp3) is 0.462. The summed E-state index contributed by atoms with van der Waals surface area (Å²) in [5, 5.41) is 19.6. The second-order valence-corrected chi connectivity index (χ2v) is 5.23. The summed E-state index contributed by atoms with van der Waals surface area (Å²) in [4.78, 5) is 11.5. The molecular weight excluding hydrogens is 272 g/mol. The second-order valence-electron chi connectivity index (χ2n) is 4.85. The largest absolute Gasteiger partial charge is 0.506 e. The zero-order chi connectivity index (χ0) is 13.6. The lowest BCUT2D eigenvalue weighted by atomic mass is 9.64. The summed E-state index contributed by atoms with van der Waals surface area (Å²) in [7, 11) is 0. The van der Waals surface area contributed by atoms with Gasteiger partial charge in [0, 0.05) is 5.56 Å². The van der Waals surface area contributed by atoms with Crippen molar-refractivity contribution in [3.05, 3.63) is 16.7 Å². The Balaban J connectivity index is 2.17. The highest BCUT2D eigenvalue weighted by atomic mass is 35.5. The van der Waals surface area contributed by atoms with Crippen molar-refractivity contribution in [2.45, 2.75) is 24.7 Å². The summed E-state index contributed by atoms with van der Waals surface area (Å²) in [5.74, 6) is -0.472. The van der Waals surface area contributed by atoms with Gasteiger partial charge in [0.15, 0.2) is 11.5 Å². The quantitative estimate of drug-likeness (QED) is 0.872. The van der Waals surface area contributed by atoms with Crippen LogP contribution in [0.4, 0.5) is 0 Å². The zero-order valence-electron chi connectivity index (χ0n) is 10.1. The number of carboxylic acid groups (broad SMARTS) is 1. The van der Waals surface area contributed by atoms with E-state index < -0.39 is 11.4 Å². The van der Waals surface area contributed by atoms with E-state index in [-0.39, 0.29) is 16.5 Å². The summed E-state index contributed by atoms with van der Waals surface area (Å²) >= 11 is 6.06. The zero-order valence-corrected chi connectivity index (χ0v) is 10.9. The predicted molar refractivity (Wildman–Crippen MR) is 67.3 cm³/mol. The van der Waals surface area contributed by atoms with Gasteiger partial charge in [0.2, 0.25) is 0 Å². The summed E-state index contributed by atoms with van der Waals surface area (Å²) in [5.41, 5.74) is -0.732. The number of hydrogen-bond acceptors (Lipinski definition) is 4. The van der Waals surface area contributed by atoms with Gasteiger partial charge in [-0.3, -0.25) is 4.79 Å². The fourth-order valence-corrected chi connectivity index (χ4v) is 2.88. The van der Waals surface area contributed by atoms with Gasteiger partial charge >= 0.3 is 5.97 Å². The van der Waals surface area contributed by atoms with Crippen molar-refractivity contribution in [3.63, 3.8) is 0 Å². The Labute approximate surface area is 114 Å². The minimum absolute atomic E-state index is 0.0275. The van der Waals surface area contributed by atoms with Gasteiger partial charge in [-0.15, -0.1) is 0 Å². The molecule has 0 spiro atoms. The average molecular weight is 285 g/mol. The molecule has 1 aromatic carbocycles. The van der Waals surface area contributed by atoms with Crippen LogP contribution in [0, 0.1) is 0 Å². The van der Waals surface area contributed by atoms with Crippen molar-refractivity contribution in [2.24, 2.45) is 0 Å². The van der Waals surface area contributed by atoms with Crippen molar-refractivity contribution < 1.29 is 24.5 Å². The van der Waals surface area contributed by atoms with E-state index in [0.29, 0.717) is 37.4 Å². The fourth-order valence-electron chi connectivity index (χ4n) is 2.63. The molecule has 1 heterocycles. The van der Waals surface area contributed by atoms with Gasteiger partial charge in [-0.05, 0) is 18.9 Å². The van der Waals surface area contributed by atoms with Gasteiger partial charge in [0.1, 0.15) is 24.0 Å². The van der Waals surface area contributed by atoms with Crippen LogP contribution < -0.4 is 9.47 Å². The summed E-state index contributed by atoms with van der Waals surface area (Å²) in [6.45, 7) is 0.739. The molecule has 19 heavy (non-hydrogen) atoms. The molecular formula is C13H13ClO5. The predicted octanol–water partition coefficient (Wildman–Crippen LogP) is 2.32. The molecule has 0 aromatic heterocycles.